The van der Waals surface area contributed by atoms with Crippen LogP contribution in [0.2, 0.25) is 0 Å². The molecular weight excluding hydrogens is 242 g/mol. The Hall–Kier alpha value is -1.88. The van der Waals surface area contributed by atoms with E-state index in [9.17, 15) is 0 Å². The molecule has 1 aliphatic rings. The molecule has 0 aliphatic heterocycles. The van der Waals surface area contributed by atoms with E-state index in [1.54, 1.807) is 0 Å². The lowest BCUT2D eigenvalue weighted by molar-refractivity contribution is 0.281. The number of rotatable bonds is 5. The third kappa shape index (κ3) is 2.61. The van der Waals surface area contributed by atoms with Gasteiger partial charge >= 0.3 is 0 Å². The lowest BCUT2D eigenvalue weighted by Gasteiger charge is -2.11. The highest BCUT2D eigenvalue weighted by atomic mass is 16.5. The van der Waals surface area contributed by atoms with Gasteiger partial charge < -0.3 is 15.0 Å². The molecule has 0 saturated heterocycles. The SMILES string of the molecule is Cc1cccc(CN)c1OCc1noc(C2CC2)n1. The largest absolute Gasteiger partial charge is 0.485 e. The van der Waals surface area contributed by atoms with Crippen LogP contribution in [0.25, 0.3) is 0 Å². The van der Waals surface area contributed by atoms with Gasteiger partial charge in [0.05, 0.1) is 0 Å². The Labute approximate surface area is 111 Å². The van der Waals surface area contributed by atoms with E-state index in [4.69, 9.17) is 15.0 Å². The van der Waals surface area contributed by atoms with Gasteiger partial charge in [0.15, 0.2) is 6.61 Å². The predicted molar refractivity (Wildman–Crippen MR) is 69.7 cm³/mol. The zero-order valence-corrected chi connectivity index (χ0v) is 10.9. The highest BCUT2D eigenvalue weighted by Crippen LogP contribution is 2.38. The van der Waals surface area contributed by atoms with Crippen LogP contribution in [0, 0.1) is 6.92 Å². The Morgan fingerprint density at radius 1 is 1.42 bits per heavy atom. The summed E-state index contributed by atoms with van der Waals surface area (Å²) in [5, 5.41) is 3.94. The summed E-state index contributed by atoms with van der Waals surface area (Å²) in [5.74, 6) is 2.62. The first-order valence-electron chi connectivity index (χ1n) is 6.51. The predicted octanol–water partition coefficient (Wildman–Crippen LogP) is 2.29. The van der Waals surface area contributed by atoms with E-state index in [-0.39, 0.29) is 0 Å². The number of ether oxygens (including phenoxy) is 1. The van der Waals surface area contributed by atoms with E-state index in [0.29, 0.717) is 24.9 Å². The zero-order chi connectivity index (χ0) is 13.2. The second-order valence-corrected chi connectivity index (χ2v) is 4.88. The number of aromatic nitrogens is 2. The van der Waals surface area contributed by atoms with Gasteiger partial charge in [-0.15, -0.1) is 0 Å². The highest BCUT2D eigenvalue weighted by molar-refractivity contribution is 5.40. The molecule has 1 aliphatic carbocycles. The minimum absolute atomic E-state index is 0.314. The van der Waals surface area contributed by atoms with Crippen molar-refractivity contribution in [3.05, 3.63) is 41.0 Å². The molecule has 1 aromatic heterocycles. The van der Waals surface area contributed by atoms with Gasteiger partial charge in [-0.05, 0) is 25.3 Å². The molecular formula is C14H17N3O2. The Morgan fingerprint density at radius 3 is 3.00 bits per heavy atom. The van der Waals surface area contributed by atoms with Crippen LogP contribution in [0.15, 0.2) is 22.7 Å². The molecule has 2 aromatic rings. The Balaban J connectivity index is 1.71. The summed E-state index contributed by atoms with van der Waals surface area (Å²) < 4.78 is 11.0. The first-order chi connectivity index (χ1) is 9.28. The van der Waals surface area contributed by atoms with Crippen LogP contribution in [0.4, 0.5) is 0 Å². The molecule has 0 atom stereocenters. The number of benzene rings is 1. The van der Waals surface area contributed by atoms with Gasteiger partial charge in [0, 0.05) is 18.0 Å². The number of nitrogens with two attached hydrogens (primary N) is 1. The summed E-state index contributed by atoms with van der Waals surface area (Å²) >= 11 is 0. The molecule has 1 saturated carbocycles. The Morgan fingerprint density at radius 2 is 2.26 bits per heavy atom. The van der Waals surface area contributed by atoms with E-state index in [1.807, 2.05) is 25.1 Å². The normalized spacial score (nSPS) is 14.6. The molecule has 5 heteroatoms. The van der Waals surface area contributed by atoms with E-state index >= 15 is 0 Å². The zero-order valence-electron chi connectivity index (χ0n) is 10.9. The summed E-state index contributed by atoms with van der Waals surface area (Å²) in [6.07, 6.45) is 2.30. The standard InChI is InChI=1S/C14H17N3O2/c1-9-3-2-4-11(7-15)13(9)18-8-12-16-14(19-17-12)10-5-6-10/h2-4,10H,5-8,15H2,1H3. The molecule has 0 spiro atoms. The van der Waals surface area contributed by atoms with Gasteiger partial charge in [-0.25, -0.2) is 0 Å². The number of para-hydroxylation sites is 1. The van der Waals surface area contributed by atoms with Crippen molar-refractivity contribution in [2.45, 2.75) is 38.8 Å². The Bertz CT molecular complexity index is 576. The molecule has 0 unspecified atom stereocenters. The fourth-order valence-corrected chi connectivity index (χ4v) is 2.04. The minimum Gasteiger partial charge on any atom is -0.485 e. The minimum atomic E-state index is 0.314. The highest BCUT2D eigenvalue weighted by Gasteiger charge is 2.29. The van der Waals surface area contributed by atoms with Gasteiger partial charge in [0.25, 0.3) is 0 Å². The van der Waals surface area contributed by atoms with Crippen molar-refractivity contribution in [1.82, 2.24) is 10.1 Å². The fourth-order valence-electron chi connectivity index (χ4n) is 2.04. The summed E-state index contributed by atoms with van der Waals surface area (Å²) in [6.45, 7) is 2.77. The van der Waals surface area contributed by atoms with Crippen molar-refractivity contribution in [2.75, 3.05) is 0 Å². The van der Waals surface area contributed by atoms with Crippen LogP contribution in [-0.2, 0) is 13.2 Å². The number of hydrogen-bond acceptors (Lipinski definition) is 5. The molecule has 0 radical (unpaired) electrons. The van der Waals surface area contributed by atoms with Gasteiger partial charge in [0.1, 0.15) is 5.75 Å². The molecule has 19 heavy (non-hydrogen) atoms. The maximum Gasteiger partial charge on any atom is 0.229 e. The first kappa shape index (κ1) is 12.2. The van der Waals surface area contributed by atoms with Crippen molar-refractivity contribution < 1.29 is 9.26 Å². The smallest absolute Gasteiger partial charge is 0.229 e. The molecule has 100 valence electrons. The lowest BCUT2D eigenvalue weighted by atomic mass is 10.1. The molecule has 3 rings (SSSR count). The molecule has 1 fully saturated rings. The molecule has 1 heterocycles. The average Bonchev–Trinajstić information content (AvgIpc) is 3.17. The monoisotopic (exact) mass is 259 g/mol. The van der Waals surface area contributed by atoms with Crippen LogP contribution in [0.3, 0.4) is 0 Å². The number of hydrogen-bond donors (Lipinski definition) is 1. The van der Waals surface area contributed by atoms with E-state index in [1.165, 1.54) is 0 Å². The van der Waals surface area contributed by atoms with Crippen molar-refractivity contribution in [3.8, 4) is 5.75 Å². The molecule has 1 aromatic carbocycles. The third-order valence-corrected chi connectivity index (χ3v) is 3.27. The van der Waals surface area contributed by atoms with Crippen molar-refractivity contribution in [3.63, 3.8) is 0 Å². The Kier molecular flexibility index (Phi) is 3.21. The number of nitrogens with zero attached hydrogens (tertiary/aromatic N) is 2. The van der Waals surface area contributed by atoms with Gasteiger partial charge in [-0.2, -0.15) is 4.98 Å². The van der Waals surface area contributed by atoms with E-state index in [2.05, 4.69) is 10.1 Å². The molecule has 0 amide bonds. The quantitative estimate of drug-likeness (QED) is 0.891. The van der Waals surface area contributed by atoms with Crippen LogP contribution in [0.1, 0.15) is 41.6 Å². The molecule has 2 N–H and O–H groups in total. The number of aryl methyl sites for hydroxylation is 1. The lowest BCUT2D eigenvalue weighted by Crippen LogP contribution is -2.05. The topological polar surface area (TPSA) is 74.2 Å². The summed E-state index contributed by atoms with van der Waals surface area (Å²) in [6, 6.07) is 5.94. The van der Waals surface area contributed by atoms with Gasteiger partial charge in [-0.3, -0.25) is 0 Å². The maximum absolute atomic E-state index is 5.79. The second-order valence-electron chi connectivity index (χ2n) is 4.88. The summed E-state index contributed by atoms with van der Waals surface area (Å²) in [4.78, 5) is 4.34. The van der Waals surface area contributed by atoms with Crippen LogP contribution in [0.5, 0.6) is 5.75 Å². The summed E-state index contributed by atoms with van der Waals surface area (Å²) in [7, 11) is 0. The average molecular weight is 259 g/mol. The van der Waals surface area contributed by atoms with Crippen LogP contribution < -0.4 is 10.5 Å². The summed E-state index contributed by atoms with van der Waals surface area (Å²) in [5.41, 5.74) is 7.77. The first-order valence-corrected chi connectivity index (χ1v) is 6.51. The molecule has 0 bridgehead atoms. The van der Waals surface area contributed by atoms with E-state index < -0.39 is 0 Å². The van der Waals surface area contributed by atoms with E-state index in [0.717, 1.165) is 35.6 Å². The van der Waals surface area contributed by atoms with Crippen molar-refractivity contribution >= 4 is 0 Å². The fraction of sp³-hybridized carbons (Fsp3) is 0.429. The van der Waals surface area contributed by atoms with Gasteiger partial charge in [-0.1, -0.05) is 23.4 Å². The second kappa shape index (κ2) is 5.01. The van der Waals surface area contributed by atoms with Gasteiger partial charge in [0.2, 0.25) is 11.7 Å². The van der Waals surface area contributed by atoms with Crippen LogP contribution >= 0.6 is 0 Å². The van der Waals surface area contributed by atoms with Crippen molar-refractivity contribution in [1.29, 1.82) is 0 Å². The molecule has 5 nitrogen and oxygen atoms in total. The maximum atomic E-state index is 5.79. The third-order valence-electron chi connectivity index (χ3n) is 3.27. The van der Waals surface area contributed by atoms with Crippen molar-refractivity contribution in [2.24, 2.45) is 5.73 Å². The van der Waals surface area contributed by atoms with Crippen LogP contribution in [-0.4, -0.2) is 10.1 Å².